The van der Waals surface area contributed by atoms with Gasteiger partial charge in [0.2, 0.25) is 0 Å². The molecule has 0 amide bonds. The maximum absolute atomic E-state index is 11.9. The Labute approximate surface area is 163 Å². The normalized spacial score (nSPS) is 11.1. The Hall–Kier alpha value is -2.71. The summed E-state index contributed by atoms with van der Waals surface area (Å²) in [6.07, 6.45) is 2.57. The molecule has 0 spiro atoms. The zero-order valence-electron chi connectivity index (χ0n) is 14.4. The van der Waals surface area contributed by atoms with Crippen LogP contribution in [0.25, 0.3) is 5.69 Å². The van der Waals surface area contributed by atoms with E-state index in [4.69, 9.17) is 23.2 Å². The number of hydrogen-bond donors (Lipinski definition) is 2. The average Bonchev–Trinajstić information content (AvgIpc) is 2.59. The molecule has 0 atom stereocenters. The maximum atomic E-state index is 11.9. The number of benzene rings is 1. The van der Waals surface area contributed by atoms with E-state index >= 15 is 0 Å². The van der Waals surface area contributed by atoms with Crippen LogP contribution in [-0.4, -0.2) is 29.8 Å². The Morgan fingerprint density at radius 3 is 2.44 bits per heavy atom. The topological polar surface area (TPSA) is 114 Å². The highest BCUT2D eigenvalue weighted by atomic mass is 35.5. The molecule has 8 nitrogen and oxygen atoms in total. The summed E-state index contributed by atoms with van der Waals surface area (Å²) in [7, 11) is 0. The summed E-state index contributed by atoms with van der Waals surface area (Å²) in [5, 5.41) is 14.2. The van der Waals surface area contributed by atoms with Gasteiger partial charge in [-0.1, -0.05) is 37.0 Å². The van der Waals surface area contributed by atoms with Gasteiger partial charge in [0, 0.05) is 16.5 Å². The summed E-state index contributed by atoms with van der Waals surface area (Å²) >= 11 is 12.7. The summed E-state index contributed by atoms with van der Waals surface area (Å²) in [5.74, 6) is 0.510. The molecule has 0 saturated carbocycles. The van der Waals surface area contributed by atoms with Crippen LogP contribution in [0.1, 0.15) is 36.8 Å². The van der Waals surface area contributed by atoms with Gasteiger partial charge in [0.25, 0.3) is 5.56 Å². The molecule has 3 rings (SSSR count). The summed E-state index contributed by atoms with van der Waals surface area (Å²) in [4.78, 5) is 33.6. The summed E-state index contributed by atoms with van der Waals surface area (Å²) in [6, 6.07) is 3.03. The van der Waals surface area contributed by atoms with E-state index in [1.165, 1.54) is 18.3 Å². The lowest BCUT2D eigenvalue weighted by Crippen LogP contribution is -2.30. The third kappa shape index (κ3) is 4.01. The number of aromatic nitrogens is 5. The maximum Gasteiger partial charge on any atom is 0.349 e. The van der Waals surface area contributed by atoms with Gasteiger partial charge in [-0.25, -0.2) is 14.8 Å². The van der Waals surface area contributed by atoms with Crippen molar-refractivity contribution in [2.24, 2.45) is 0 Å². The van der Waals surface area contributed by atoms with Crippen molar-refractivity contribution in [2.75, 3.05) is 0 Å². The van der Waals surface area contributed by atoms with Gasteiger partial charge in [-0.3, -0.25) is 9.78 Å². The van der Waals surface area contributed by atoms with Crippen LogP contribution in [0.3, 0.4) is 0 Å². The Balaban J connectivity index is 2.00. The smallest absolute Gasteiger partial charge is 0.349 e. The fraction of sp³-hybridized carbons (Fsp3) is 0.235. The minimum Gasteiger partial charge on any atom is -0.504 e. The van der Waals surface area contributed by atoms with Gasteiger partial charge in [-0.2, -0.15) is 9.78 Å². The van der Waals surface area contributed by atoms with Crippen LogP contribution in [0, 0.1) is 0 Å². The first-order valence-electron chi connectivity index (χ1n) is 7.98. The Bertz CT molecular complexity index is 1100. The first-order valence-corrected chi connectivity index (χ1v) is 8.73. The number of nitrogens with zero attached hydrogens (tertiary/aromatic N) is 4. The van der Waals surface area contributed by atoms with E-state index in [-0.39, 0.29) is 18.1 Å². The van der Waals surface area contributed by atoms with Crippen molar-refractivity contribution in [3.8, 4) is 11.4 Å². The van der Waals surface area contributed by atoms with E-state index < -0.39 is 11.2 Å². The molecule has 27 heavy (non-hydrogen) atoms. The van der Waals surface area contributed by atoms with E-state index in [0.29, 0.717) is 32.8 Å². The molecule has 3 aromatic rings. The molecule has 0 aliphatic heterocycles. The van der Waals surface area contributed by atoms with Crippen LogP contribution < -0.4 is 11.2 Å². The number of aromatic hydroxyl groups is 1. The quantitative estimate of drug-likeness (QED) is 0.686. The van der Waals surface area contributed by atoms with Gasteiger partial charge >= 0.3 is 5.69 Å². The number of rotatable bonds is 4. The zero-order valence-corrected chi connectivity index (χ0v) is 15.9. The van der Waals surface area contributed by atoms with Gasteiger partial charge in [0.1, 0.15) is 12.0 Å². The molecule has 0 aliphatic carbocycles. The molecule has 0 saturated heterocycles. The molecular formula is C17H15Cl2N5O3. The number of nitrogens with one attached hydrogen (secondary N) is 1. The molecule has 2 N–H and O–H groups in total. The van der Waals surface area contributed by atoms with Crippen molar-refractivity contribution in [3.05, 3.63) is 72.5 Å². The summed E-state index contributed by atoms with van der Waals surface area (Å²) in [5.41, 5.74) is 0.110. The second kappa shape index (κ2) is 7.50. The van der Waals surface area contributed by atoms with E-state index in [0.717, 1.165) is 10.9 Å². The Kier molecular flexibility index (Phi) is 5.29. The van der Waals surface area contributed by atoms with Crippen molar-refractivity contribution in [1.82, 2.24) is 24.7 Å². The Morgan fingerprint density at radius 1 is 1.19 bits per heavy atom. The van der Waals surface area contributed by atoms with E-state index in [1.807, 2.05) is 13.8 Å². The van der Waals surface area contributed by atoms with Gasteiger partial charge < -0.3 is 5.11 Å². The summed E-state index contributed by atoms with van der Waals surface area (Å²) < 4.78 is 0.983. The predicted octanol–water partition coefficient (Wildman–Crippen LogP) is 2.44. The molecule has 2 heterocycles. The Morgan fingerprint density at radius 2 is 1.85 bits per heavy atom. The molecule has 10 heteroatoms. The van der Waals surface area contributed by atoms with E-state index in [1.54, 1.807) is 0 Å². The first kappa shape index (κ1) is 19.1. The van der Waals surface area contributed by atoms with Crippen molar-refractivity contribution >= 4 is 23.2 Å². The van der Waals surface area contributed by atoms with Gasteiger partial charge in [-0.05, 0) is 23.6 Å². The lowest BCUT2D eigenvalue weighted by Gasteiger charge is -2.12. The lowest BCUT2D eigenvalue weighted by atomic mass is 10.1. The van der Waals surface area contributed by atoms with Crippen LogP contribution in [0.4, 0.5) is 0 Å². The number of aromatic amines is 1. The second-order valence-electron chi connectivity index (χ2n) is 6.13. The van der Waals surface area contributed by atoms with Crippen molar-refractivity contribution in [1.29, 1.82) is 0 Å². The minimum atomic E-state index is -0.703. The van der Waals surface area contributed by atoms with Gasteiger partial charge in [-0.15, -0.1) is 0 Å². The molecule has 0 unspecified atom stereocenters. The number of halogens is 2. The predicted molar refractivity (Wildman–Crippen MR) is 101 cm³/mol. The highest BCUT2D eigenvalue weighted by Gasteiger charge is 2.15. The van der Waals surface area contributed by atoms with E-state index in [9.17, 15) is 14.7 Å². The van der Waals surface area contributed by atoms with Gasteiger partial charge in [0.15, 0.2) is 5.75 Å². The minimum absolute atomic E-state index is 0.0262. The largest absolute Gasteiger partial charge is 0.504 e. The molecule has 2 aromatic heterocycles. The molecule has 0 bridgehead atoms. The lowest BCUT2D eigenvalue weighted by molar-refractivity contribution is 0.455. The SMILES string of the molecule is CC(C)c1nc(Cc2c(Cl)cc(-n3ncc(=O)[nH]c3=O)cc2Cl)ncc1O. The fourth-order valence-electron chi connectivity index (χ4n) is 2.51. The average molecular weight is 408 g/mol. The van der Waals surface area contributed by atoms with E-state index in [2.05, 4.69) is 20.1 Å². The van der Waals surface area contributed by atoms with Crippen molar-refractivity contribution in [2.45, 2.75) is 26.2 Å². The third-order valence-electron chi connectivity index (χ3n) is 3.81. The highest BCUT2D eigenvalue weighted by molar-refractivity contribution is 6.36. The zero-order chi connectivity index (χ0) is 19.7. The summed E-state index contributed by atoms with van der Waals surface area (Å²) in [6.45, 7) is 3.82. The molecule has 0 aliphatic rings. The first-order chi connectivity index (χ1) is 12.8. The van der Waals surface area contributed by atoms with Crippen molar-refractivity contribution in [3.63, 3.8) is 0 Å². The molecule has 140 valence electrons. The van der Waals surface area contributed by atoms with Crippen LogP contribution >= 0.6 is 23.2 Å². The van der Waals surface area contributed by atoms with Crippen LogP contribution in [0.2, 0.25) is 10.0 Å². The molecular weight excluding hydrogens is 393 g/mol. The number of hydrogen-bond acceptors (Lipinski definition) is 6. The highest BCUT2D eigenvalue weighted by Crippen LogP contribution is 2.30. The standard InChI is InChI=1S/C17H15Cl2N5O3/c1-8(2)16-13(25)6-20-14(22-16)5-10-11(18)3-9(4-12(10)19)24-17(27)23-15(26)7-21-24/h3-4,6-8,25H,5H2,1-2H3,(H,23,26,27). The van der Waals surface area contributed by atoms with Crippen LogP contribution in [0.5, 0.6) is 5.75 Å². The third-order valence-corrected chi connectivity index (χ3v) is 4.49. The fourth-order valence-corrected chi connectivity index (χ4v) is 3.12. The molecule has 0 fully saturated rings. The van der Waals surface area contributed by atoms with Crippen molar-refractivity contribution < 1.29 is 5.11 Å². The van der Waals surface area contributed by atoms with Crippen LogP contribution in [-0.2, 0) is 6.42 Å². The second-order valence-corrected chi connectivity index (χ2v) is 6.94. The molecule has 1 aromatic carbocycles. The van der Waals surface area contributed by atoms with Crippen LogP contribution in [0.15, 0.2) is 34.1 Å². The monoisotopic (exact) mass is 407 g/mol. The number of H-pyrrole nitrogens is 1. The van der Waals surface area contributed by atoms with Gasteiger partial charge in [0.05, 0.1) is 17.6 Å². The molecule has 0 radical (unpaired) electrons.